The molecule has 92 valence electrons. The number of nitrogens with one attached hydrogen (secondary N) is 1. The van der Waals surface area contributed by atoms with Gasteiger partial charge >= 0.3 is 0 Å². The zero-order valence-electron chi connectivity index (χ0n) is 9.51. The van der Waals surface area contributed by atoms with E-state index in [1.165, 1.54) is 0 Å². The molecule has 0 aromatic heterocycles. The van der Waals surface area contributed by atoms with Crippen LogP contribution in [0.1, 0.15) is 31.4 Å². The molecule has 1 unspecified atom stereocenters. The van der Waals surface area contributed by atoms with E-state index < -0.39 is 0 Å². The summed E-state index contributed by atoms with van der Waals surface area (Å²) in [6, 6.07) is 4.38. The molecular weight excluding hydrogens is 277 g/mol. The zero-order valence-corrected chi connectivity index (χ0v) is 11.8. The summed E-state index contributed by atoms with van der Waals surface area (Å²) in [7, 11) is 0. The molecule has 1 aromatic rings. The van der Waals surface area contributed by atoms with Gasteiger partial charge in [0.15, 0.2) is 0 Å². The lowest BCUT2D eigenvalue weighted by Crippen LogP contribution is -2.29. The summed E-state index contributed by atoms with van der Waals surface area (Å²) in [6.45, 7) is 2.09. The van der Waals surface area contributed by atoms with E-state index in [1.54, 1.807) is 6.07 Å². The van der Waals surface area contributed by atoms with E-state index in [0.29, 0.717) is 21.1 Å². The Labute approximate surface area is 117 Å². The molecule has 0 spiro atoms. The number of rotatable bonds is 3. The third kappa shape index (κ3) is 2.97. The highest BCUT2D eigenvalue weighted by atomic mass is 35.5. The first-order valence-electron chi connectivity index (χ1n) is 5.64. The maximum Gasteiger partial charge on any atom is 0.0781 e. The predicted octanol–water partition coefficient (Wildman–Crippen LogP) is 5.02. The van der Waals surface area contributed by atoms with Gasteiger partial charge in [0.05, 0.1) is 15.1 Å². The summed E-state index contributed by atoms with van der Waals surface area (Å²) in [6.07, 6.45) is 6.54. The van der Waals surface area contributed by atoms with E-state index in [1.807, 2.05) is 6.07 Å². The summed E-state index contributed by atoms with van der Waals surface area (Å²) in [5.41, 5.74) is 0.993. The van der Waals surface area contributed by atoms with Crippen molar-refractivity contribution in [3.8, 4) is 0 Å². The largest absolute Gasteiger partial charge is 0.307 e. The number of hydrogen-bond donors (Lipinski definition) is 1. The first-order chi connectivity index (χ1) is 8.09. The molecule has 4 heteroatoms. The van der Waals surface area contributed by atoms with E-state index in [4.69, 9.17) is 34.8 Å². The molecule has 1 aliphatic carbocycles. The molecule has 0 saturated heterocycles. The SMILES string of the molecule is CC(NC1CC=CC1)c1ccc(Cl)c(Cl)c1Cl. The van der Waals surface area contributed by atoms with Crippen molar-refractivity contribution in [2.75, 3.05) is 0 Å². The van der Waals surface area contributed by atoms with Crippen LogP contribution in [0, 0.1) is 0 Å². The lowest BCUT2D eigenvalue weighted by atomic mass is 10.1. The maximum absolute atomic E-state index is 6.21. The molecule has 0 heterocycles. The zero-order chi connectivity index (χ0) is 12.4. The third-order valence-corrected chi connectivity index (χ3v) is 4.33. The quantitative estimate of drug-likeness (QED) is 0.609. The van der Waals surface area contributed by atoms with Gasteiger partial charge in [-0.3, -0.25) is 0 Å². The van der Waals surface area contributed by atoms with Gasteiger partial charge in [-0.15, -0.1) is 0 Å². The van der Waals surface area contributed by atoms with Crippen LogP contribution in [0.2, 0.25) is 15.1 Å². The second-order valence-corrected chi connectivity index (χ2v) is 5.46. The highest BCUT2D eigenvalue weighted by molar-refractivity contribution is 6.48. The van der Waals surface area contributed by atoms with Gasteiger partial charge in [-0.2, -0.15) is 0 Å². The minimum Gasteiger partial charge on any atom is -0.307 e. The molecule has 0 aliphatic heterocycles. The van der Waals surface area contributed by atoms with Crippen molar-refractivity contribution < 1.29 is 0 Å². The van der Waals surface area contributed by atoms with Crippen LogP contribution < -0.4 is 5.32 Å². The van der Waals surface area contributed by atoms with Crippen molar-refractivity contribution in [3.05, 3.63) is 44.9 Å². The van der Waals surface area contributed by atoms with Crippen LogP contribution in [0.3, 0.4) is 0 Å². The van der Waals surface area contributed by atoms with E-state index >= 15 is 0 Å². The van der Waals surface area contributed by atoms with Gasteiger partial charge in [-0.1, -0.05) is 53.0 Å². The molecule has 1 N–H and O–H groups in total. The van der Waals surface area contributed by atoms with Gasteiger partial charge in [0, 0.05) is 12.1 Å². The average Bonchev–Trinajstić information content (AvgIpc) is 2.78. The summed E-state index contributed by atoms with van der Waals surface area (Å²) >= 11 is 18.2. The molecule has 0 amide bonds. The summed E-state index contributed by atoms with van der Waals surface area (Å²) in [5.74, 6) is 0. The Morgan fingerprint density at radius 2 is 1.76 bits per heavy atom. The first kappa shape index (κ1) is 13.2. The van der Waals surface area contributed by atoms with E-state index in [-0.39, 0.29) is 6.04 Å². The van der Waals surface area contributed by atoms with Crippen LogP contribution >= 0.6 is 34.8 Å². The fourth-order valence-electron chi connectivity index (χ4n) is 2.07. The number of benzene rings is 1. The van der Waals surface area contributed by atoms with E-state index in [0.717, 1.165) is 18.4 Å². The molecule has 0 radical (unpaired) electrons. The average molecular weight is 291 g/mol. The Balaban J connectivity index is 2.13. The van der Waals surface area contributed by atoms with Crippen LogP contribution in [0.5, 0.6) is 0 Å². The third-order valence-electron chi connectivity index (χ3n) is 3.03. The normalized spacial score (nSPS) is 17.6. The van der Waals surface area contributed by atoms with Crippen molar-refractivity contribution in [1.29, 1.82) is 0 Å². The molecule has 1 nitrogen and oxygen atoms in total. The van der Waals surface area contributed by atoms with E-state index in [9.17, 15) is 0 Å². The summed E-state index contributed by atoms with van der Waals surface area (Å²) in [4.78, 5) is 0. The fourth-order valence-corrected chi connectivity index (χ4v) is 2.78. The topological polar surface area (TPSA) is 12.0 Å². The van der Waals surface area contributed by atoms with Crippen LogP contribution in [0.15, 0.2) is 24.3 Å². The Morgan fingerprint density at radius 3 is 2.41 bits per heavy atom. The highest BCUT2D eigenvalue weighted by Crippen LogP contribution is 2.35. The smallest absolute Gasteiger partial charge is 0.0781 e. The van der Waals surface area contributed by atoms with Gasteiger partial charge in [0.2, 0.25) is 0 Å². The molecule has 0 fully saturated rings. The van der Waals surface area contributed by atoms with Crippen molar-refractivity contribution >= 4 is 34.8 Å². The minimum atomic E-state index is 0.169. The highest BCUT2D eigenvalue weighted by Gasteiger charge is 2.18. The lowest BCUT2D eigenvalue weighted by molar-refractivity contribution is 0.471. The van der Waals surface area contributed by atoms with Crippen LogP contribution in [0.25, 0.3) is 0 Å². The van der Waals surface area contributed by atoms with Gasteiger partial charge in [0.1, 0.15) is 0 Å². The Morgan fingerprint density at radius 1 is 1.12 bits per heavy atom. The minimum absolute atomic E-state index is 0.169. The van der Waals surface area contributed by atoms with Crippen molar-refractivity contribution in [1.82, 2.24) is 5.32 Å². The number of halogens is 3. The standard InChI is InChI=1S/C13H14Cl3N/c1-8(17-9-4-2-3-5-9)10-6-7-11(14)13(16)12(10)15/h2-3,6-9,17H,4-5H2,1H3. The molecule has 0 saturated carbocycles. The fraction of sp³-hybridized carbons (Fsp3) is 0.385. The van der Waals surface area contributed by atoms with Crippen molar-refractivity contribution in [3.63, 3.8) is 0 Å². The second-order valence-electron chi connectivity index (χ2n) is 4.29. The molecule has 0 bridgehead atoms. The Hall–Kier alpha value is -0.210. The molecule has 2 rings (SSSR count). The van der Waals surface area contributed by atoms with Gasteiger partial charge in [-0.25, -0.2) is 0 Å². The first-order valence-corrected chi connectivity index (χ1v) is 6.77. The summed E-state index contributed by atoms with van der Waals surface area (Å²) < 4.78 is 0. The second kappa shape index (κ2) is 5.62. The Kier molecular flexibility index (Phi) is 4.37. The van der Waals surface area contributed by atoms with Crippen molar-refractivity contribution in [2.45, 2.75) is 31.8 Å². The molecular formula is C13H14Cl3N. The van der Waals surface area contributed by atoms with Gasteiger partial charge < -0.3 is 5.32 Å². The van der Waals surface area contributed by atoms with Crippen molar-refractivity contribution in [2.24, 2.45) is 0 Å². The van der Waals surface area contributed by atoms with Crippen LogP contribution in [-0.2, 0) is 0 Å². The monoisotopic (exact) mass is 289 g/mol. The summed E-state index contributed by atoms with van der Waals surface area (Å²) in [5, 5.41) is 5.01. The van der Waals surface area contributed by atoms with Crippen LogP contribution in [0.4, 0.5) is 0 Å². The molecule has 1 atom stereocenters. The molecule has 1 aromatic carbocycles. The Bertz CT molecular complexity index is 435. The van der Waals surface area contributed by atoms with Gasteiger partial charge in [0.25, 0.3) is 0 Å². The lowest BCUT2D eigenvalue weighted by Gasteiger charge is -2.21. The van der Waals surface area contributed by atoms with Gasteiger partial charge in [-0.05, 0) is 31.4 Å². The predicted molar refractivity (Wildman–Crippen MR) is 75.2 cm³/mol. The van der Waals surface area contributed by atoms with Crippen LogP contribution in [-0.4, -0.2) is 6.04 Å². The van der Waals surface area contributed by atoms with E-state index in [2.05, 4.69) is 24.4 Å². The number of hydrogen-bond acceptors (Lipinski definition) is 1. The molecule has 1 aliphatic rings. The molecule has 17 heavy (non-hydrogen) atoms. The maximum atomic E-state index is 6.21.